The molecule has 2 rings (SSSR count). The molecule has 2 aromatic heterocycles. The Morgan fingerprint density at radius 2 is 2.53 bits per heavy atom. The molecule has 0 radical (unpaired) electrons. The highest BCUT2D eigenvalue weighted by atomic mass is 32.1. The predicted molar refractivity (Wildman–Crippen MR) is 59.0 cm³/mol. The van der Waals surface area contributed by atoms with Crippen LogP contribution in [0.4, 0.5) is 0 Å². The standard InChI is InChI=1S/C10H8N2O2S/c1-14-4-2-3-7-5-8-9(15-7)10(13)12-6-11-8/h5-6H,4H2,1H3,(H,11,12,13). The van der Waals surface area contributed by atoms with Crippen LogP contribution >= 0.6 is 11.3 Å². The molecule has 0 aromatic carbocycles. The topological polar surface area (TPSA) is 55.0 Å². The minimum atomic E-state index is -0.121. The Labute approximate surface area is 89.9 Å². The van der Waals surface area contributed by atoms with Gasteiger partial charge in [-0.3, -0.25) is 4.79 Å². The summed E-state index contributed by atoms with van der Waals surface area (Å²) in [5.74, 6) is 5.74. The molecular formula is C10H8N2O2S. The van der Waals surface area contributed by atoms with Crippen LogP contribution in [-0.2, 0) is 4.74 Å². The lowest BCUT2D eigenvalue weighted by Gasteiger charge is -1.82. The minimum Gasteiger partial charge on any atom is -0.372 e. The number of hydrogen-bond donors (Lipinski definition) is 1. The Hall–Kier alpha value is -1.64. The Balaban J connectivity index is 2.45. The lowest BCUT2D eigenvalue weighted by atomic mass is 10.4. The largest absolute Gasteiger partial charge is 0.372 e. The van der Waals surface area contributed by atoms with E-state index in [0.717, 1.165) is 4.88 Å². The van der Waals surface area contributed by atoms with Gasteiger partial charge in [-0.05, 0) is 6.07 Å². The van der Waals surface area contributed by atoms with Gasteiger partial charge >= 0.3 is 0 Å². The molecular weight excluding hydrogens is 212 g/mol. The van der Waals surface area contributed by atoms with Crippen molar-refractivity contribution in [1.82, 2.24) is 9.97 Å². The van der Waals surface area contributed by atoms with Crippen molar-refractivity contribution < 1.29 is 4.74 Å². The van der Waals surface area contributed by atoms with E-state index in [1.807, 2.05) is 0 Å². The van der Waals surface area contributed by atoms with Crippen LogP contribution in [0.2, 0.25) is 0 Å². The van der Waals surface area contributed by atoms with E-state index < -0.39 is 0 Å². The molecule has 2 aromatic rings. The first-order chi connectivity index (χ1) is 7.31. The van der Waals surface area contributed by atoms with Gasteiger partial charge in [-0.25, -0.2) is 4.98 Å². The van der Waals surface area contributed by atoms with Gasteiger partial charge in [-0.2, -0.15) is 0 Å². The van der Waals surface area contributed by atoms with E-state index in [2.05, 4.69) is 21.8 Å². The fraction of sp³-hybridized carbons (Fsp3) is 0.200. The third-order valence-corrected chi connectivity index (χ3v) is 2.78. The lowest BCUT2D eigenvalue weighted by molar-refractivity contribution is 0.240. The fourth-order valence-corrected chi connectivity index (χ4v) is 2.00. The molecule has 0 spiro atoms. The van der Waals surface area contributed by atoms with Crippen molar-refractivity contribution in [3.63, 3.8) is 0 Å². The summed E-state index contributed by atoms with van der Waals surface area (Å²) in [5, 5.41) is 0. The molecule has 4 nitrogen and oxygen atoms in total. The van der Waals surface area contributed by atoms with Crippen molar-refractivity contribution in [1.29, 1.82) is 0 Å². The van der Waals surface area contributed by atoms with E-state index in [4.69, 9.17) is 4.74 Å². The summed E-state index contributed by atoms with van der Waals surface area (Å²) in [7, 11) is 1.59. The summed E-state index contributed by atoms with van der Waals surface area (Å²) in [6, 6.07) is 1.80. The molecule has 0 amide bonds. The van der Waals surface area contributed by atoms with Crippen molar-refractivity contribution in [3.8, 4) is 11.8 Å². The smallest absolute Gasteiger partial charge is 0.268 e. The Kier molecular flexibility index (Phi) is 2.81. The maximum atomic E-state index is 11.4. The van der Waals surface area contributed by atoms with Gasteiger partial charge < -0.3 is 9.72 Å². The average molecular weight is 220 g/mol. The monoisotopic (exact) mass is 220 g/mol. The summed E-state index contributed by atoms with van der Waals surface area (Å²) < 4.78 is 5.42. The number of methoxy groups -OCH3 is 1. The first kappa shape index (κ1) is 9.90. The zero-order chi connectivity index (χ0) is 10.7. The molecule has 1 N–H and O–H groups in total. The number of H-pyrrole nitrogens is 1. The van der Waals surface area contributed by atoms with E-state index in [0.29, 0.717) is 16.8 Å². The summed E-state index contributed by atoms with van der Waals surface area (Å²) in [6.45, 7) is 0.387. The van der Waals surface area contributed by atoms with Crippen molar-refractivity contribution >= 4 is 21.6 Å². The van der Waals surface area contributed by atoms with E-state index in [1.165, 1.54) is 17.7 Å². The van der Waals surface area contributed by atoms with Crippen LogP contribution in [0.1, 0.15) is 4.88 Å². The number of hydrogen-bond acceptors (Lipinski definition) is 4. The molecule has 0 aliphatic rings. The van der Waals surface area contributed by atoms with Gasteiger partial charge in [0.1, 0.15) is 11.3 Å². The van der Waals surface area contributed by atoms with Crippen LogP contribution in [0.15, 0.2) is 17.2 Å². The molecule has 0 atom stereocenters. The third-order valence-electron chi connectivity index (χ3n) is 1.75. The molecule has 0 aliphatic heterocycles. The van der Waals surface area contributed by atoms with Crippen molar-refractivity contribution in [2.24, 2.45) is 0 Å². The number of aromatic amines is 1. The highest BCUT2D eigenvalue weighted by molar-refractivity contribution is 7.19. The van der Waals surface area contributed by atoms with E-state index >= 15 is 0 Å². The maximum absolute atomic E-state index is 11.4. The summed E-state index contributed by atoms with van der Waals surface area (Å²) in [5.41, 5.74) is 0.565. The summed E-state index contributed by atoms with van der Waals surface area (Å²) >= 11 is 1.34. The zero-order valence-electron chi connectivity index (χ0n) is 8.03. The first-order valence-corrected chi connectivity index (χ1v) is 5.08. The molecule has 0 fully saturated rings. The second-order valence-electron chi connectivity index (χ2n) is 2.79. The molecule has 5 heteroatoms. The predicted octanol–water partition coefficient (Wildman–Crippen LogP) is 0.982. The normalized spacial score (nSPS) is 9.93. The number of nitrogens with zero attached hydrogens (tertiary/aromatic N) is 1. The summed E-state index contributed by atoms with van der Waals surface area (Å²) in [4.78, 5) is 18.8. The maximum Gasteiger partial charge on any atom is 0.268 e. The Morgan fingerprint density at radius 3 is 3.27 bits per heavy atom. The third kappa shape index (κ3) is 2.06. The summed E-state index contributed by atoms with van der Waals surface area (Å²) in [6.07, 6.45) is 1.39. The van der Waals surface area contributed by atoms with Gasteiger partial charge in [-0.15, -0.1) is 11.3 Å². The van der Waals surface area contributed by atoms with Gasteiger partial charge in [0.15, 0.2) is 0 Å². The van der Waals surface area contributed by atoms with Gasteiger partial charge in [0.05, 0.1) is 16.7 Å². The number of fused-ring (bicyclic) bond motifs is 1. The van der Waals surface area contributed by atoms with Crippen molar-refractivity contribution in [2.45, 2.75) is 0 Å². The van der Waals surface area contributed by atoms with Crippen molar-refractivity contribution in [3.05, 3.63) is 27.6 Å². The first-order valence-electron chi connectivity index (χ1n) is 4.26. The van der Waals surface area contributed by atoms with Crippen molar-refractivity contribution in [2.75, 3.05) is 13.7 Å². The van der Waals surface area contributed by atoms with E-state index in [1.54, 1.807) is 13.2 Å². The molecule has 0 unspecified atom stereocenters. The molecule has 0 aliphatic carbocycles. The second kappa shape index (κ2) is 4.26. The molecule has 0 bridgehead atoms. The minimum absolute atomic E-state index is 0.121. The van der Waals surface area contributed by atoms with Gasteiger partial charge in [0.2, 0.25) is 0 Å². The number of thiophene rings is 1. The van der Waals surface area contributed by atoms with Crippen LogP contribution in [-0.4, -0.2) is 23.7 Å². The van der Waals surface area contributed by atoms with E-state index in [9.17, 15) is 4.79 Å². The van der Waals surface area contributed by atoms with Crippen LogP contribution in [0.25, 0.3) is 10.2 Å². The average Bonchev–Trinajstić information content (AvgIpc) is 2.63. The van der Waals surface area contributed by atoms with Crippen LogP contribution in [0, 0.1) is 11.8 Å². The number of aromatic nitrogens is 2. The molecule has 15 heavy (non-hydrogen) atoms. The lowest BCUT2D eigenvalue weighted by Crippen LogP contribution is -2.02. The van der Waals surface area contributed by atoms with Crippen LogP contribution in [0.5, 0.6) is 0 Å². The van der Waals surface area contributed by atoms with Crippen LogP contribution < -0.4 is 5.56 Å². The Bertz CT molecular complexity index is 588. The zero-order valence-corrected chi connectivity index (χ0v) is 8.85. The number of ether oxygens (including phenoxy) is 1. The van der Waals surface area contributed by atoms with Gasteiger partial charge in [0.25, 0.3) is 5.56 Å². The van der Waals surface area contributed by atoms with E-state index in [-0.39, 0.29) is 5.56 Å². The number of nitrogens with one attached hydrogen (secondary N) is 1. The highest BCUT2D eigenvalue weighted by Crippen LogP contribution is 2.18. The van der Waals surface area contributed by atoms with Gasteiger partial charge in [0, 0.05) is 7.11 Å². The molecule has 76 valence electrons. The van der Waals surface area contributed by atoms with Crippen LogP contribution in [0.3, 0.4) is 0 Å². The quantitative estimate of drug-likeness (QED) is 0.729. The SMILES string of the molecule is COCC#Cc1cc2nc[nH]c(=O)c2s1. The number of rotatable bonds is 1. The second-order valence-corrected chi connectivity index (χ2v) is 3.84. The molecule has 0 saturated heterocycles. The Morgan fingerprint density at radius 1 is 1.67 bits per heavy atom. The molecule has 0 saturated carbocycles. The fourth-order valence-electron chi connectivity index (χ4n) is 1.12. The van der Waals surface area contributed by atoms with Gasteiger partial charge in [-0.1, -0.05) is 11.8 Å². The highest BCUT2D eigenvalue weighted by Gasteiger charge is 2.03. The molecule has 2 heterocycles.